The Kier molecular flexibility index (Phi) is 7.72. The van der Waals surface area contributed by atoms with Gasteiger partial charge >= 0.3 is 6.03 Å². The van der Waals surface area contributed by atoms with Gasteiger partial charge in [0.2, 0.25) is 5.12 Å². The van der Waals surface area contributed by atoms with Crippen LogP contribution in [0.15, 0.2) is 77.5 Å². The van der Waals surface area contributed by atoms with Gasteiger partial charge in [0.15, 0.2) is 0 Å². The van der Waals surface area contributed by atoms with Gasteiger partial charge in [0, 0.05) is 34.3 Å². The molecule has 0 fully saturated rings. The number of thioether (sulfide) groups is 1. The summed E-state index contributed by atoms with van der Waals surface area (Å²) in [6, 6.07) is 18.8. The van der Waals surface area contributed by atoms with E-state index in [2.05, 4.69) is 15.3 Å². The van der Waals surface area contributed by atoms with Crippen LogP contribution in [0.5, 0.6) is 0 Å². The molecule has 0 saturated carbocycles. The minimum absolute atomic E-state index is 0.0743. The number of benzene rings is 2. The van der Waals surface area contributed by atoms with Crippen LogP contribution >= 0.6 is 11.8 Å². The standard InChI is InChI=1S/C26H26N4O3S/c1-18(30-16-22-15-27-19(2)28-24(22)29-26(30)32)23(34-25(31)21-11-7-4-8-12-21)13-14-33-17-20-9-5-3-6-10-20/h3-12,15H,13-14,16-17H2,1-2H3,(H,27,28,29,32)/b23-18-. The highest BCUT2D eigenvalue weighted by atomic mass is 32.2. The van der Waals surface area contributed by atoms with Gasteiger partial charge in [0.25, 0.3) is 0 Å². The number of hydrogen-bond acceptors (Lipinski definition) is 6. The van der Waals surface area contributed by atoms with Gasteiger partial charge in [-0.2, -0.15) is 0 Å². The highest BCUT2D eigenvalue weighted by Gasteiger charge is 2.27. The quantitative estimate of drug-likeness (QED) is 0.431. The van der Waals surface area contributed by atoms with Gasteiger partial charge in [-0.25, -0.2) is 14.8 Å². The van der Waals surface area contributed by atoms with Crippen LogP contribution in [0.3, 0.4) is 0 Å². The van der Waals surface area contributed by atoms with Crippen molar-refractivity contribution in [3.05, 3.63) is 100.0 Å². The molecule has 0 saturated heterocycles. The Hall–Kier alpha value is -3.49. The van der Waals surface area contributed by atoms with Gasteiger partial charge in [-0.1, -0.05) is 60.7 Å². The summed E-state index contributed by atoms with van der Waals surface area (Å²) in [7, 11) is 0. The second kappa shape index (κ2) is 11.1. The molecule has 7 nitrogen and oxygen atoms in total. The van der Waals surface area contributed by atoms with Crippen molar-refractivity contribution in [1.82, 2.24) is 14.9 Å². The predicted octanol–water partition coefficient (Wildman–Crippen LogP) is 5.54. The van der Waals surface area contributed by atoms with E-state index < -0.39 is 0 Å². The highest BCUT2D eigenvalue weighted by molar-refractivity contribution is 8.17. The van der Waals surface area contributed by atoms with E-state index in [1.54, 1.807) is 30.2 Å². The summed E-state index contributed by atoms with van der Waals surface area (Å²) in [5, 5.41) is 2.76. The van der Waals surface area contributed by atoms with Crippen LogP contribution in [0.2, 0.25) is 0 Å². The third kappa shape index (κ3) is 5.89. The second-order valence-electron chi connectivity index (χ2n) is 7.86. The van der Waals surface area contributed by atoms with Crippen LogP contribution in [0.1, 0.15) is 40.7 Å². The molecule has 34 heavy (non-hydrogen) atoms. The molecule has 0 atom stereocenters. The molecule has 8 heteroatoms. The molecule has 1 aliphatic heterocycles. The lowest BCUT2D eigenvalue weighted by atomic mass is 10.2. The molecule has 3 aromatic rings. The molecule has 1 aromatic heterocycles. The summed E-state index contributed by atoms with van der Waals surface area (Å²) in [6.07, 6.45) is 2.23. The molecular formula is C26H26N4O3S. The Morgan fingerprint density at radius 1 is 1.12 bits per heavy atom. The number of ether oxygens (including phenoxy) is 1. The molecule has 174 valence electrons. The van der Waals surface area contributed by atoms with Crippen LogP contribution in [0.4, 0.5) is 10.6 Å². The number of nitrogens with zero attached hydrogens (tertiary/aromatic N) is 3. The first-order chi connectivity index (χ1) is 16.5. The van der Waals surface area contributed by atoms with E-state index in [1.165, 1.54) is 0 Å². The van der Waals surface area contributed by atoms with Crippen LogP contribution in [-0.4, -0.2) is 32.6 Å². The van der Waals surface area contributed by atoms with E-state index in [0.717, 1.165) is 27.8 Å². The number of fused-ring (bicyclic) bond motifs is 1. The Morgan fingerprint density at radius 3 is 2.56 bits per heavy atom. The lowest BCUT2D eigenvalue weighted by Gasteiger charge is -2.30. The van der Waals surface area contributed by atoms with Crippen molar-refractivity contribution in [2.75, 3.05) is 11.9 Å². The molecule has 4 rings (SSSR count). The largest absolute Gasteiger partial charge is 0.376 e. The van der Waals surface area contributed by atoms with Crippen molar-refractivity contribution < 1.29 is 14.3 Å². The average Bonchev–Trinajstić information content (AvgIpc) is 2.86. The normalized spacial score (nSPS) is 13.7. The summed E-state index contributed by atoms with van der Waals surface area (Å²) >= 11 is 1.14. The van der Waals surface area contributed by atoms with Gasteiger partial charge in [0.05, 0.1) is 19.8 Å². The Bertz CT molecular complexity index is 1200. The smallest absolute Gasteiger partial charge is 0.327 e. The number of urea groups is 1. The van der Waals surface area contributed by atoms with Crippen molar-refractivity contribution in [3.8, 4) is 0 Å². The molecule has 0 bridgehead atoms. The van der Waals surface area contributed by atoms with Crippen LogP contribution in [0.25, 0.3) is 0 Å². The molecule has 1 aliphatic rings. The van der Waals surface area contributed by atoms with E-state index in [0.29, 0.717) is 49.1 Å². The zero-order valence-electron chi connectivity index (χ0n) is 19.2. The van der Waals surface area contributed by atoms with Crippen LogP contribution in [-0.2, 0) is 17.9 Å². The summed E-state index contributed by atoms with van der Waals surface area (Å²) in [5.41, 5.74) is 3.23. The number of rotatable bonds is 8. The summed E-state index contributed by atoms with van der Waals surface area (Å²) < 4.78 is 5.87. The monoisotopic (exact) mass is 474 g/mol. The summed E-state index contributed by atoms with van der Waals surface area (Å²) in [4.78, 5) is 36.8. The van der Waals surface area contributed by atoms with Crippen molar-refractivity contribution in [3.63, 3.8) is 0 Å². The molecule has 2 aromatic carbocycles. The minimum atomic E-state index is -0.279. The van der Waals surface area contributed by atoms with Crippen LogP contribution in [0, 0.1) is 6.92 Å². The number of allylic oxidation sites excluding steroid dienone is 1. The molecule has 2 heterocycles. The number of anilines is 1. The van der Waals surface area contributed by atoms with Gasteiger partial charge in [-0.15, -0.1) is 0 Å². The van der Waals surface area contributed by atoms with Gasteiger partial charge in [0.1, 0.15) is 11.6 Å². The number of amides is 2. The zero-order valence-corrected chi connectivity index (χ0v) is 20.0. The second-order valence-corrected chi connectivity index (χ2v) is 8.93. The van der Waals surface area contributed by atoms with Crippen molar-refractivity contribution in [2.45, 2.75) is 33.4 Å². The van der Waals surface area contributed by atoms with Crippen molar-refractivity contribution >= 4 is 28.7 Å². The van der Waals surface area contributed by atoms with Gasteiger partial charge < -0.3 is 4.74 Å². The van der Waals surface area contributed by atoms with E-state index in [1.807, 2.05) is 55.5 Å². The first kappa shape index (κ1) is 23.7. The van der Waals surface area contributed by atoms with Crippen molar-refractivity contribution in [2.24, 2.45) is 0 Å². The van der Waals surface area contributed by atoms with Crippen LogP contribution < -0.4 is 5.32 Å². The van der Waals surface area contributed by atoms with E-state index in [4.69, 9.17) is 4.74 Å². The molecule has 0 aliphatic carbocycles. The molecule has 1 N–H and O–H groups in total. The number of aromatic nitrogens is 2. The zero-order chi connectivity index (χ0) is 23.9. The molecule has 0 unspecified atom stereocenters. The predicted molar refractivity (Wildman–Crippen MR) is 133 cm³/mol. The highest BCUT2D eigenvalue weighted by Crippen LogP contribution is 2.32. The molecular weight excluding hydrogens is 448 g/mol. The number of nitrogens with one attached hydrogen (secondary N) is 1. The lowest BCUT2D eigenvalue weighted by Crippen LogP contribution is -2.38. The number of hydrogen-bond donors (Lipinski definition) is 1. The first-order valence-corrected chi connectivity index (χ1v) is 11.8. The fourth-order valence-corrected chi connectivity index (χ4v) is 4.45. The van der Waals surface area contributed by atoms with Gasteiger partial charge in [-0.05, 0) is 31.2 Å². The Balaban J connectivity index is 1.53. The average molecular weight is 475 g/mol. The maximum Gasteiger partial charge on any atom is 0.327 e. The summed E-state index contributed by atoms with van der Waals surface area (Å²) in [5.74, 6) is 1.13. The Labute approximate surface area is 203 Å². The fourth-order valence-electron chi connectivity index (χ4n) is 3.53. The topological polar surface area (TPSA) is 84.4 Å². The number of carbonyl (C=O) groups excluding carboxylic acids is 2. The minimum Gasteiger partial charge on any atom is -0.376 e. The molecule has 0 spiro atoms. The lowest BCUT2D eigenvalue weighted by molar-refractivity contribution is 0.108. The third-order valence-electron chi connectivity index (χ3n) is 5.40. The number of carbonyl (C=O) groups is 2. The van der Waals surface area contributed by atoms with Gasteiger partial charge in [-0.3, -0.25) is 15.0 Å². The van der Waals surface area contributed by atoms with E-state index in [9.17, 15) is 9.59 Å². The number of aryl methyl sites for hydroxylation is 1. The summed E-state index contributed by atoms with van der Waals surface area (Å²) in [6.45, 7) is 4.88. The van der Waals surface area contributed by atoms with E-state index >= 15 is 0 Å². The fraction of sp³-hybridized carbons (Fsp3) is 0.231. The maximum atomic E-state index is 13.0. The Morgan fingerprint density at radius 2 is 1.82 bits per heavy atom. The first-order valence-electron chi connectivity index (χ1n) is 11.0. The van der Waals surface area contributed by atoms with E-state index in [-0.39, 0.29) is 11.1 Å². The SMILES string of the molecule is C/C(=C(\CCOCc1ccccc1)SC(=O)c1ccccc1)N1Cc2cnc(C)nc2NC1=O. The third-order valence-corrected chi connectivity index (χ3v) is 6.57. The van der Waals surface area contributed by atoms with Crippen molar-refractivity contribution in [1.29, 1.82) is 0 Å². The maximum absolute atomic E-state index is 13.0. The molecule has 2 amide bonds. The molecule has 0 radical (unpaired) electrons.